The van der Waals surface area contributed by atoms with Crippen LogP contribution in [0.25, 0.3) is 0 Å². The van der Waals surface area contributed by atoms with E-state index in [0.717, 1.165) is 26.2 Å². The summed E-state index contributed by atoms with van der Waals surface area (Å²) in [4.78, 5) is 16.9. The summed E-state index contributed by atoms with van der Waals surface area (Å²) in [6.45, 7) is 10.2. The second-order valence-electron chi connectivity index (χ2n) is 5.12. The number of thiocarbonyl (C=S) groups is 1. The molecule has 0 aliphatic carbocycles. The Morgan fingerprint density at radius 3 is 2.28 bits per heavy atom. The smallest absolute Gasteiger partial charge is 0.237 e. The van der Waals surface area contributed by atoms with Crippen LogP contribution in [0.5, 0.6) is 0 Å². The Kier molecular flexibility index (Phi) is 5.98. The molecular formula is C12H24N4OS. The average Bonchev–Trinajstić information content (AvgIpc) is 2.27. The van der Waals surface area contributed by atoms with Crippen LogP contribution in [0, 0.1) is 0 Å². The van der Waals surface area contributed by atoms with Gasteiger partial charge in [0, 0.05) is 38.8 Å². The average molecular weight is 272 g/mol. The molecule has 0 saturated carbocycles. The molecule has 1 aliphatic rings. The fourth-order valence-electron chi connectivity index (χ4n) is 2.10. The summed E-state index contributed by atoms with van der Waals surface area (Å²) < 4.78 is 0. The summed E-state index contributed by atoms with van der Waals surface area (Å²) in [6.07, 6.45) is 0. The van der Waals surface area contributed by atoms with Crippen LogP contribution in [0.4, 0.5) is 0 Å². The Hall–Kier alpha value is -0.720. The van der Waals surface area contributed by atoms with E-state index in [4.69, 9.17) is 18.0 Å². The first-order valence-electron chi connectivity index (χ1n) is 6.45. The lowest BCUT2D eigenvalue weighted by atomic mass is 10.2. The van der Waals surface area contributed by atoms with Crippen molar-refractivity contribution in [1.82, 2.24) is 15.1 Å². The molecule has 3 N–H and O–H groups in total. The minimum Gasteiger partial charge on any atom is -0.392 e. The van der Waals surface area contributed by atoms with Gasteiger partial charge in [-0.3, -0.25) is 14.6 Å². The molecule has 5 nitrogen and oxygen atoms in total. The standard InChI is InChI=1S/C12H24N4OS/c1-9(2)14-12(17)10(3)16-6-4-15(5-7-16)8-11(13)18/h9-10H,4-8H2,1-3H3,(H2,13,18)(H,14,17). The van der Waals surface area contributed by atoms with E-state index in [1.165, 1.54) is 0 Å². The van der Waals surface area contributed by atoms with E-state index in [1.54, 1.807) is 0 Å². The van der Waals surface area contributed by atoms with Crippen molar-refractivity contribution in [1.29, 1.82) is 0 Å². The first-order valence-corrected chi connectivity index (χ1v) is 6.86. The van der Waals surface area contributed by atoms with Gasteiger partial charge in [0.1, 0.15) is 0 Å². The Bertz CT molecular complexity index is 300. The Morgan fingerprint density at radius 1 is 1.28 bits per heavy atom. The third-order valence-corrected chi connectivity index (χ3v) is 3.27. The van der Waals surface area contributed by atoms with Gasteiger partial charge in [0.2, 0.25) is 5.91 Å². The molecule has 0 aromatic carbocycles. The van der Waals surface area contributed by atoms with Crippen molar-refractivity contribution in [2.24, 2.45) is 5.73 Å². The third kappa shape index (κ3) is 4.88. The Balaban J connectivity index is 2.37. The molecule has 1 aliphatic heterocycles. The molecule has 1 unspecified atom stereocenters. The highest BCUT2D eigenvalue weighted by atomic mass is 32.1. The van der Waals surface area contributed by atoms with E-state index in [0.29, 0.717) is 11.5 Å². The van der Waals surface area contributed by atoms with Crippen molar-refractivity contribution in [3.05, 3.63) is 0 Å². The van der Waals surface area contributed by atoms with Gasteiger partial charge in [0.25, 0.3) is 0 Å². The number of carbonyl (C=O) groups excluding carboxylic acids is 1. The number of carbonyl (C=O) groups is 1. The monoisotopic (exact) mass is 272 g/mol. The van der Waals surface area contributed by atoms with Crippen LogP contribution in [0.2, 0.25) is 0 Å². The van der Waals surface area contributed by atoms with Crippen LogP contribution in [0.1, 0.15) is 20.8 Å². The zero-order valence-electron chi connectivity index (χ0n) is 11.5. The quantitative estimate of drug-likeness (QED) is 0.679. The van der Waals surface area contributed by atoms with Gasteiger partial charge in [-0.1, -0.05) is 12.2 Å². The maximum absolute atomic E-state index is 11.9. The highest BCUT2D eigenvalue weighted by Gasteiger charge is 2.25. The van der Waals surface area contributed by atoms with Crippen LogP contribution in [-0.2, 0) is 4.79 Å². The van der Waals surface area contributed by atoms with Gasteiger partial charge >= 0.3 is 0 Å². The van der Waals surface area contributed by atoms with Crippen molar-refractivity contribution in [3.8, 4) is 0 Å². The van der Waals surface area contributed by atoms with Crippen molar-refractivity contribution in [2.45, 2.75) is 32.9 Å². The molecule has 6 heteroatoms. The highest BCUT2D eigenvalue weighted by molar-refractivity contribution is 7.80. The second-order valence-corrected chi connectivity index (χ2v) is 5.64. The molecule has 0 aromatic rings. The van der Waals surface area contributed by atoms with Gasteiger partial charge in [-0.25, -0.2) is 0 Å². The van der Waals surface area contributed by atoms with E-state index in [-0.39, 0.29) is 18.0 Å². The Labute approximate surface area is 115 Å². The fourth-order valence-corrected chi connectivity index (χ4v) is 2.28. The van der Waals surface area contributed by atoms with Crippen LogP contribution >= 0.6 is 12.2 Å². The molecule has 0 aromatic heterocycles. The van der Waals surface area contributed by atoms with E-state index in [1.807, 2.05) is 20.8 Å². The lowest BCUT2D eigenvalue weighted by Gasteiger charge is -2.37. The number of hydrogen-bond donors (Lipinski definition) is 2. The highest BCUT2D eigenvalue weighted by Crippen LogP contribution is 2.06. The molecule has 104 valence electrons. The first-order chi connectivity index (χ1) is 8.40. The first kappa shape index (κ1) is 15.3. The predicted molar refractivity (Wildman–Crippen MR) is 77.5 cm³/mol. The van der Waals surface area contributed by atoms with Crippen LogP contribution < -0.4 is 11.1 Å². The van der Waals surface area contributed by atoms with E-state index >= 15 is 0 Å². The van der Waals surface area contributed by atoms with Gasteiger partial charge in [-0.2, -0.15) is 0 Å². The summed E-state index contributed by atoms with van der Waals surface area (Å²) in [5, 5.41) is 2.95. The number of rotatable bonds is 5. The molecule has 1 fully saturated rings. The summed E-state index contributed by atoms with van der Waals surface area (Å²) in [6, 6.07) is 0.121. The normalized spacial score (nSPS) is 19.8. The van der Waals surface area contributed by atoms with Gasteiger partial charge in [-0.15, -0.1) is 0 Å². The van der Waals surface area contributed by atoms with Gasteiger partial charge in [0.05, 0.1) is 11.0 Å². The minimum atomic E-state index is -0.0700. The van der Waals surface area contributed by atoms with Gasteiger partial charge in [0.15, 0.2) is 0 Å². The van der Waals surface area contributed by atoms with Gasteiger partial charge < -0.3 is 11.1 Å². The molecule has 18 heavy (non-hydrogen) atoms. The Morgan fingerprint density at radius 2 is 1.83 bits per heavy atom. The molecule has 1 saturated heterocycles. The maximum atomic E-state index is 11.9. The van der Waals surface area contributed by atoms with E-state index in [2.05, 4.69) is 15.1 Å². The summed E-state index contributed by atoms with van der Waals surface area (Å²) in [5.74, 6) is 0.104. The van der Waals surface area contributed by atoms with Gasteiger partial charge in [-0.05, 0) is 20.8 Å². The number of nitrogens with two attached hydrogens (primary N) is 1. The molecular weight excluding hydrogens is 248 g/mol. The number of hydrogen-bond acceptors (Lipinski definition) is 4. The predicted octanol–water partition coefficient (Wildman–Crippen LogP) is -0.197. The number of nitrogens with one attached hydrogen (secondary N) is 1. The molecule has 0 spiro atoms. The van der Waals surface area contributed by atoms with Crippen LogP contribution in [0.3, 0.4) is 0 Å². The lowest BCUT2D eigenvalue weighted by Crippen LogP contribution is -2.55. The molecule has 0 radical (unpaired) electrons. The van der Waals surface area contributed by atoms with Crippen molar-refractivity contribution >= 4 is 23.1 Å². The number of amides is 1. The molecule has 1 amide bonds. The topological polar surface area (TPSA) is 61.6 Å². The lowest BCUT2D eigenvalue weighted by molar-refractivity contribution is -0.127. The van der Waals surface area contributed by atoms with E-state index < -0.39 is 0 Å². The number of nitrogens with zero attached hydrogens (tertiary/aromatic N) is 2. The molecule has 1 heterocycles. The summed E-state index contributed by atoms with van der Waals surface area (Å²) in [7, 11) is 0. The fraction of sp³-hybridized carbons (Fsp3) is 0.833. The van der Waals surface area contributed by atoms with E-state index in [9.17, 15) is 4.79 Å². The molecule has 0 bridgehead atoms. The molecule has 1 rings (SSSR count). The van der Waals surface area contributed by atoms with Crippen LogP contribution in [-0.4, -0.2) is 65.5 Å². The SMILES string of the molecule is CC(C)NC(=O)C(C)N1CCN(CC(N)=S)CC1. The maximum Gasteiger partial charge on any atom is 0.237 e. The largest absolute Gasteiger partial charge is 0.392 e. The molecule has 1 atom stereocenters. The number of piperazine rings is 1. The van der Waals surface area contributed by atoms with Crippen LogP contribution in [0.15, 0.2) is 0 Å². The van der Waals surface area contributed by atoms with Crippen molar-refractivity contribution in [3.63, 3.8) is 0 Å². The third-order valence-electron chi connectivity index (χ3n) is 3.14. The summed E-state index contributed by atoms with van der Waals surface area (Å²) >= 11 is 4.90. The minimum absolute atomic E-state index is 0.0700. The van der Waals surface area contributed by atoms with Crippen molar-refractivity contribution < 1.29 is 4.79 Å². The zero-order chi connectivity index (χ0) is 13.7. The van der Waals surface area contributed by atoms with Crippen molar-refractivity contribution in [2.75, 3.05) is 32.7 Å². The second kappa shape index (κ2) is 7.01. The zero-order valence-corrected chi connectivity index (χ0v) is 12.3. The summed E-state index contributed by atoms with van der Waals surface area (Å²) in [5.41, 5.74) is 5.53.